The molecule has 20 heavy (non-hydrogen) atoms. The summed E-state index contributed by atoms with van der Waals surface area (Å²) >= 11 is 0. The average Bonchev–Trinajstić information content (AvgIpc) is 2.99. The number of hydrogen-bond acceptors (Lipinski definition) is 4. The first-order valence-corrected chi connectivity index (χ1v) is 7.02. The van der Waals surface area contributed by atoms with Gasteiger partial charge in [0.15, 0.2) is 0 Å². The summed E-state index contributed by atoms with van der Waals surface area (Å²) in [4.78, 5) is 6.85. The molecule has 3 rings (SSSR count). The summed E-state index contributed by atoms with van der Waals surface area (Å²) in [5.74, 6) is 0.541. The van der Waals surface area contributed by atoms with E-state index >= 15 is 0 Å². The van der Waals surface area contributed by atoms with Crippen molar-refractivity contribution in [1.82, 2.24) is 9.88 Å². The summed E-state index contributed by atoms with van der Waals surface area (Å²) in [6.07, 6.45) is 2.57. The summed E-state index contributed by atoms with van der Waals surface area (Å²) in [5, 5.41) is 10.1. The Morgan fingerprint density at radius 3 is 2.85 bits per heavy atom. The topological polar surface area (TPSA) is 49.1 Å². The zero-order chi connectivity index (χ0) is 13.8. The van der Waals surface area contributed by atoms with Crippen LogP contribution in [0.4, 0.5) is 0 Å². The van der Waals surface area contributed by atoms with E-state index in [0.717, 1.165) is 30.5 Å². The van der Waals surface area contributed by atoms with Gasteiger partial charge in [0.25, 0.3) is 0 Å². The van der Waals surface area contributed by atoms with Crippen molar-refractivity contribution >= 4 is 10.9 Å². The van der Waals surface area contributed by atoms with E-state index in [1.54, 1.807) is 6.07 Å². The maximum Gasteiger partial charge on any atom is 0.215 e. The fourth-order valence-corrected chi connectivity index (χ4v) is 2.60. The monoisotopic (exact) mass is 267 g/mol. The lowest BCUT2D eigenvalue weighted by molar-refractivity contribution is 0.232. The molecule has 0 bridgehead atoms. The molecule has 0 atom stereocenters. The van der Waals surface area contributed by atoms with Crippen LogP contribution in [0.15, 0.2) is 30.3 Å². The highest BCUT2D eigenvalue weighted by atomic mass is 16.5. The predicted octanol–water partition coefficient (Wildman–Crippen LogP) is 2.58. The van der Waals surface area contributed by atoms with Crippen molar-refractivity contribution in [3.63, 3.8) is 0 Å². The molecule has 0 unspecified atom stereocenters. The summed E-state index contributed by atoms with van der Waals surface area (Å²) in [5.41, 5.74) is 1.43. The summed E-state index contributed by atoms with van der Waals surface area (Å²) in [7, 11) is 0. The minimum Gasteiger partial charge on any atom is -0.476 e. The van der Waals surface area contributed by atoms with Crippen molar-refractivity contribution in [3.8, 4) is 11.9 Å². The summed E-state index contributed by atoms with van der Waals surface area (Å²) < 4.78 is 5.71. The molecule has 0 spiro atoms. The van der Waals surface area contributed by atoms with Crippen LogP contribution in [0.2, 0.25) is 0 Å². The number of aromatic nitrogens is 1. The van der Waals surface area contributed by atoms with Gasteiger partial charge >= 0.3 is 0 Å². The van der Waals surface area contributed by atoms with Gasteiger partial charge in [-0.15, -0.1) is 0 Å². The number of likely N-dealkylation sites (tertiary alicyclic amines) is 1. The van der Waals surface area contributed by atoms with Crippen molar-refractivity contribution in [1.29, 1.82) is 5.26 Å². The first kappa shape index (κ1) is 12.9. The van der Waals surface area contributed by atoms with Crippen LogP contribution in [0, 0.1) is 11.3 Å². The minimum absolute atomic E-state index is 0.541. The molecular formula is C16H17N3O. The van der Waals surface area contributed by atoms with Gasteiger partial charge in [-0.1, -0.05) is 18.2 Å². The fourth-order valence-electron chi connectivity index (χ4n) is 2.60. The zero-order valence-corrected chi connectivity index (χ0v) is 11.4. The number of nitrogens with zero attached hydrogens (tertiary/aromatic N) is 3. The number of ether oxygens (including phenoxy) is 1. The zero-order valence-electron chi connectivity index (χ0n) is 11.4. The Balaban J connectivity index is 1.73. The standard InChI is InChI=1S/C16H17N3O/c17-12-13-11-16(18-15-6-2-1-5-14(13)15)20-10-9-19-7-3-4-8-19/h1-2,5-6,11H,3-4,7-10H2. The Labute approximate surface area is 118 Å². The number of rotatable bonds is 4. The molecule has 1 aromatic carbocycles. The number of hydrogen-bond donors (Lipinski definition) is 0. The van der Waals surface area contributed by atoms with Crippen molar-refractivity contribution < 1.29 is 4.74 Å². The minimum atomic E-state index is 0.541. The molecule has 1 fully saturated rings. The first-order chi connectivity index (χ1) is 9.86. The highest BCUT2D eigenvalue weighted by Gasteiger charge is 2.11. The number of benzene rings is 1. The molecule has 2 aromatic rings. The van der Waals surface area contributed by atoms with E-state index < -0.39 is 0 Å². The predicted molar refractivity (Wildman–Crippen MR) is 77.6 cm³/mol. The molecule has 0 radical (unpaired) electrons. The van der Waals surface area contributed by atoms with Crippen LogP contribution in [-0.4, -0.2) is 36.1 Å². The SMILES string of the molecule is N#Cc1cc(OCCN2CCCC2)nc2ccccc12. The van der Waals surface area contributed by atoms with E-state index in [4.69, 9.17) is 4.74 Å². The maximum absolute atomic E-state index is 9.22. The second kappa shape index (κ2) is 5.89. The molecule has 0 N–H and O–H groups in total. The lowest BCUT2D eigenvalue weighted by atomic mass is 10.1. The van der Waals surface area contributed by atoms with Gasteiger partial charge in [-0.05, 0) is 32.0 Å². The van der Waals surface area contributed by atoms with Crippen molar-refractivity contribution in [2.45, 2.75) is 12.8 Å². The number of pyridine rings is 1. The van der Waals surface area contributed by atoms with Gasteiger partial charge in [-0.2, -0.15) is 5.26 Å². The van der Waals surface area contributed by atoms with E-state index in [1.165, 1.54) is 12.8 Å². The molecule has 4 heteroatoms. The molecule has 0 aliphatic carbocycles. The molecule has 2 heterocycles. The average molecular weight is 267 g/mol. The van der Waals surface area contributed by atoms with E-state index in [-0.39, 0.29) is 0 Å². The van der Waals surface area contributed by atoms with E-state index in [9.17, 15) is 5.26 Å². The number of fused-ring (bicyclic) bond motifs is 1. The van der Waals surface area contributed by atoms with E-state index in [0.29, 0.717) is 18.1 Å². The van der Waals surface area contributed by atoms with Crippen molar-refractivity contribution in [2.75, 3.05) is 26.2 Å². The number of para-hydroxylation sites is 1. The Hall–Kier alpha value is -2.12. The Bertz CT molecular complexity index is 642. The van der Waals surface area contributed by atoms with Gasteiger partial charge in [0.2, 0.25) is 5.88 Å². The second-order valence-corrected chi connectivity index (χ2v) is 5.03. The largest absolute Gasteiger partial charge is 0.476 e. The van der Waals surface area contributed by atoms with E-state index in [2.05, 4.69) is 16.0 Å². The van der Waals surface area contributed by atoms with Gasteiger partial charge in [0.05, 0.1) is 11.1 Å². The van der Waals surface area contributed by atoms with Gasteiger partial charge in [0, 0.05) is 18.0 Å². The molecule has 1 aliphatic heterocycles. The third-order valence-electron chi connectivity index (χ3n) is 3.67. The van der Waals surface area contributed by atoms with Crippen LogP contribution in [0.5, 0.6) is 5.88 Å². The molecule has 4 nitrogen and oxygen atoms in total. The third-order valence-corrected chi connectivity index (χ3v) is 3.67. The Morgan fingerprint density at radius 1 is 1.25 bits per heavy atom. The van der Waals surface area contributed by atoms with Gasteiger partial charge < -0.3 is 4.74 Å². The van der Waals surface area contributed by atoms with E-state index in [1.807, 2.05) is 24.3 Å². The lowest BCUT2D eigenvalue weighted by Gasteiger charge is -2.14. The van der Waals surface area contributed by atoms with Crippen LogP contribution in [0.25, 0.3) is 10.9 Å². The second-order valence-electron chi connectivity index (χ2n) is 5.03. The van der Waals surface area contributed by atoms with Gasteiger partial charge in [-0.3, -0.25) is 4.90 Å². The van der Waals surface area contributed by atoms with Crippen molar-refractivity contribution in [2.24, 2.45) is 0 Å². The summed E-state index contributed by atoms with van der Waals surface area (Å²) in [6, 6.07) is 11.6. The maximum atomic E-state index is 9.22. The molecule has 0 saturated carbocycles. The molecule has 1 saturated heterocycles. The summed E-state index contributed by atoms with van der Waals surface area (Å²) in [6.45, 7) is 3.88. The number of nitriles is 1. The molecular weight excluding hydrogens is 250 g/mol. The van der Waals surface area contributed by atoms with Crippen LogP contribution < -0.4 is 4.74 Å². The Morgan fingerprint density at radius 2 is 2.05 bits per heavy atom. The van der Waals surface area contributed by atoms with Crippen LogP contribution in [-0.2, 0) is 0 Å². The van der Waals surface area contributed by atoms with Gasteiger partial charge in [-0.25, -0.2) is 4.98 Å². The Kier molecular flexibility index (Phi) is 3.80. The smallest absolute Gasteiger partial charge is 0.215 e. The molecule has 0 amide bonds. The lowest BCUT2D eigenvalue weighted by Crippen LogP contribution is -2.25. The first-order valence-electron chi connectivity index (χ1n) is 7.02. The highest BCUT2D eigenvalue weighted by molar-refractivity contribution is 5.85. The molecule has 1 aliphatic rings. The normalized spacial score (nSPS) is 15.3. The fraction of sp³-hybridized carbons (Fsp3) is 0.375. The van der Waals surface area contributed by atoms with Crippen LogP contribution >= 0.6 is 0 Å². The highest BCUT2D eigenvalue weighted by Crippen LogP contribution is 2.21. The third kappa shape index (κ3) is 2.73. The molecule has 1 aromatic heterocycles. The van der Waals surface area contributed by atoms with Crippen molar-refractivity contribution in [3.05, 3.63) is 35.9 Å². The van der Waals surface area contributed by atoms with Crippen LogP contribution in [0.3, 0.4) is 0 Å². The van der Waals surface area contributed by atoms with Gasteiger partial charge in [0.1, 0.15) is 12.7 Å². The molecule has 102 valence electrons. The quantitative estimate of drug-likeness (QED) is 0.854. The van der Waals surface area contributed by atoms with Crippen LogP contribution in [0.1, 0.15) is 18.4 Å².